The summed E-state index contributed by atoms with van der Waals surface area (Å²) < 4.78 is 5.85. The van der Waals surface area contributed by atoms with Crippen LogP contribution in [0.4, 0.5) is 11.5 Å². The van der Waals surface area contributed by atoms with Crippen LogP contribution in [0.5, 0.6) is 11.6 Å². The molecule has 0 spiro atoms. The Balaban J connectivity index is 1.66. The molecule has 168 valence electrons. The molecule has 2 aromatic heterocycles. The summed E-state index contributed by atoms with van der Waals surface area (Å²) in [6, 6.07) is 7.55. The minimum atomic E-state index is -0.0262. The average molecular weight is 437 g/mol. The Kier molecular flexibility index (Phi) is 6.84. The number of likely N-dealkylation sites (N-methyl/N-ethyl adjacent to an activating group) is 1. The smallest absolute Gasteiger partial charge is 0.220 e. The first-order valence-electron chi connectivity index (χ1n) is 10.9. The van der Waals surface area contributed by atoms with Gasteiger partial charge in [0.2, 0.25) is 5.91 Å². The van der Waals surface area contributed by atoms with Crippen LogP contribution in [-0.4, -0.2) is 58.9 Å². The maximum absolute atomic E-state index is 12.1. The first kappa shape index (κ1) is 21.6. The second-order valence-electron chi connectivity index (χ2n) is 7.85. The Bertz CT molecular complexity index is 1110. The van der Waals surface area contributed by atoms with Crippen molar-refractivity contribution in [3.63, 3.8) is 0 Å². The summed E-state index contributed by atoms with van der Waals surface area (Å²) in [5.74, 6) is 1.43. The zero-order valence-electron chi connectivity index (χ0n) is 18.2. The minimum Gasteiger partial charge on any atom is -0.494 e. The predicted octanol–water partition coefficient (Wildman–Crippen LogP) is 3.31. The van der Waals surface area contributed by atoms with Gasteiger partial charge in [0, 0.05) is 38.8 Å². The molecule has 32 heavy (non-hydrogen) atoms. The number of benzene rings is 1. The standard InChI is InChI=1S/C23H28N6O3/c1-29-11-10-24-19(30)9-4-2-3-5-12-32-17-8-6-7-16(13-17)25-14-18-20-21(28-23(18)31)26-15-27-22(20)29/h6-8,13-15,31H,2-5,9-12H2,1H3,(H,24,30)(H,26,27,28). The molecule has 1 amide bonds. The van der Waals surface area contributed by atoms with Gasteiger partial charge in [-0.1, -0.05) is 18.9 Å². The predicted molar refractivity (Wildman–Crippen MR) is 124 cm³/mol. The SMILES string of the molecule is CN1CCNC(=O)CCCCCCOc2cccc(c2)N=Cc2c(O)[nH]c3ncnc1c23. The monoisotopic (exact) mass is 436 g/mol. The zero-order chi connectivity index (χ0) is 22.3. The Hall–Kier alpha value is -3.62. The lowest BCUT2D eigenvalue weighted by molar-refractivity contribution is -0.121. The van der Waals surface area contributed by atoms with Gasteiger partial charge >= 0.3 is 0 Å². The van der Waals surface area contributed by atoms with E-state index in [1.807, 2.05) is 36.2 Å². The van der Waals surface area contributed by atoms with Crippen LogP contribution in [0.15, 0.2) is 35.6 Å². The Labute approximate surface area is 186 Å². The van der Waals surface area contributed by atoms with E-state index in [1.165, 1.54) is 6.33 Å². The van der Waals surface area contributed by atoms with Crippen LogP contribution >= 0.6 is 0 Å². The number of rotatable bonds is 0. The summed E-state index contributed by atoms with van der Waals surface area (Å²) in [5, 5.41) is 14.1. The van der Waals surface area contributed by atoms with Crippen molar-refractivity contribution < 1.29 is 14.6 Å². The van der Waals surface area contributed by atoms with Gasteiger partial charge in [-0.15, -0.1) is 0 Å². The summed E-state index contributed by atoms with van der Waals surface area (Å²) in [6.45, 7) is 1.69. The van der Waals surface area contributed by atoms with E-state index < -0.39 is 0 Å². The summed E-state index contributed by atoms with van der Waals surface area (Å²) >= 11 is 0. The number of aromatic amines is 1. The van der Waals surface area contributed by atoms with Crippen LogP contribution in [-0.2, 0) is 4.79 Å². The number of aromatic nitrogens is 3. The Morgan fingerprint density at radius 3 is 2.94 bits per heavy atom. The van der Waals surface area contributed by atoms with Crippen LogP contribution in [0.3, 0.4) is 0 Å². The van der Waals surface area contributed by atoms with E-state index in [0.717, 1.165) is 37.1 Å². The molecule has 1 aliphatic heterocycles. The highest BCUT2D eigenvalue weighted by molar-refractivity contribution is 6.06. The summed E-state index contributed by atoms with van der Waals surface area (Å²) in [5.41, 5.74) is 1.75. The fourth-order valence-electron chi connectivity index (χ4n) is 3.71. The highest BCUT2D eigenvalue weighted by atomic mass is 16.5. The van der Waals surface area contributed by atoms with Gasteiger partial charge in [-0.05, 0) is 25.0 Å². The van der Waals surface area contributed by atoms with E-state index in [1.54, 1.807) is 6.21 Å². The van der Waals surface area contributed by atoms with Crippen molar-refractivity contribution >= 4 is 34.7 Å². The summed E-state index contributed by atoms with van der Waals surface area (Å²) in [7, 11) is 1.89. The van der Waals surface area contributed by atoms with E-state index >= 15 is 0 Å². The Morgan fingerprint density at radius 1 is 1.16 bits per heavy atom. The molecular formula is C23H28N6O3. The lowest BCUT2D eigenvalue weighted by Crippen LogP contribution is -2.33. The quantitative estimate of drug-likeness (QED) is 0.498. The van der Waals surface area contributed by atoms with Crippen molar-refractivity contribution in [2.75, 3.05) is 31.6 Å². The number of nitrogens with zero attached hydrogens (tertiary/aromatic N) is 4. The lowest BCUT2D eigenvalue weighted by atomic mass is 10.1. The molecule has 0 fully saturated rings. The van der Waals surface area contributed by atoms with Gasteiger partial charge < -0.3 is 25.0 Å². The fourth-order valence-corrected chi connectivity index (χ4v) is 3.71. The van der Waals surface area contributed by atoms with Crippen LogP contribution in [0.2, 0.25) is 0 Å². The third kappa shape index (κ3) is 5.16. The van der Waals surface area contributed by atoms with Crippen molar-refractivity contribution in [3.05, 3.63) is 36.2 Å². The molecule has 3 N–H and O–H groups in total. The third-order valence-electron chi connectivity index (χ3n) is 5.45. The number of fused-ring (bicyclic) bond motifs is 2. The normalized spacial score (nSPS) is 16.4. The fraction of sp³-hybridized carbons (Fsp3) is 0.391. The highest BCUT2D eigenvalue weighted by Crippen LogP contribution is 2.31. The average Bonchev–Trinajstić information content (AvgIpc) is 3.11. The third-order valence-corrected chi connectivity index (χ3v) is 5.45. The van der Waals surface area contributed by atoms with Crippen LogP contribution in [0.1, 0.15) is 37.7 Å². The van der Waals surface area contributed by atoms with E-state index in [4.69, 9.17) is 4.74 Å². The van der Waals surface area contributed by atoms with Crippen molar-refractivity contribution in [1.82, 2.24) is 20.3 Å². The molecule has 1 aliphatic rings. The molecule has 0 saturated heterocycles. The number of aromatic hydroxyl groups is 1. The summed E-state index contributed by atoms with van der Waals surface area (Å²) in [4.78, 5) is 30.1. The van der Waals surface area contributed by atoms with Gasteiger partial charge in [-0.3, -0.25) is 9.79 Å². The number of carbonyl (C=O) groups is 1. The minimum absolute atomic E-state index is 0.0262. The van der Waals surface area contributed by atoms with Gasteiger partial charge in [-0.25, -0.2) is 9.97 Å². The molecule has 0 saturated carbocycles. The maximum atomic E-state index is 12.1. The number of hydrogen-bond donors (Lipinski definition) is 3. The van der Waals surface area contributed by atoms with Crippen molar-refractivity contribution in [2.45, 2.75) is 32.1 Å². The van der Waals surface area contributed by atoms with E-state index in [-0.39, 0.29) is 11.8 Å². The maximum Gasteiger partial charge on any atom is 0.220 e. The number of H-pyrrole nitrogens is 1. The molecule has 1 aromatic carbocycles. The molecule has 0 unspecified atom stereocenters. The molecule has 9 nitrogen and oxygen atoms in total. The van der Waals surface area contributed by atoms with Crippen molar-refractivity contribution in [2.24, 2.45) is 4.99 Å². The molecule has 0 aliphatic carbocycles. The number of aliphatic imine (C=N–C) groups is 1. The van der Waals surface area contributed by atoms with E-state index in [2.05, 4.69) is 25.3 Å². The van der Waals surface area contributed by atoms with E-state index in [0.29, 0.717) is 48.5 Å². The first-order chi connectivity index (χ1) is 15.6. The number of carbonyl (C=O) groups excluding carboxylic acids is 1. The van der Waals surface area contributed by atoms with Gasteiger partial charge in [0.15, 0.2) is 5.88 Å². The number of ether oxygens (including phenoxy) is 1. The molecule has 9 heteroatoms. The second-order valence-corrected chi connectivity index (χ2v) is 7.85. The summed E-state index contributed by atoms with van der Waals surface area (Å²) in [6.07, 6.45) is 7.40. The second kappa shape index (κ2) is 10.1. The largest absolute Gasteiger partial charge is 0.494 e. The Morgan fingerprint density at radius 2 is 2.03 bits per heavy atom. The van der Waals surface area contributed by atoms with Gasteiger partial charge in [0.25, 0.3) is 0 Å². The van der Waals surface area contributed by atoms with Crippen LogP contribution < -0.4 is 15.0 Å². The highest BCUT2D eigenvalue weighted by Gasteiger charge is 2.18. The zero-order valence-corrected chi connectivity index (χ0v) is 18.2. The molecule has 0 radical (unpaired) electrons. The molecule has 3 heterocycles. The molecular weight excluding hydrogens is 408 g/mol. The van der Waals surface area contributed by atoms with Crippen molar-refractivity contribution in [3.8, 4) is 11.6 Å². The molecule has 2 bridgehead atoms. The van der Waals surface area contributed by atoms with Crippen molar-refractivity contribution in [1.29, 1.82) is 0 Å². The van der Waals surface area contributed by atoms with Gasteiger partial charge in [-0.2, -0.15) is 0 Å². The number of hydrogen-bond acceptors (Lipinski definition) is 7. The van der Waals surface area contributed by atoms with Gasteiger partial charge in [0.1, 0.15) is 23.5 Å². The number of amides is 1. The van der Waals surface area contributed by atoms with Gasteiger partial charge in [0.05, 0.1) is 23.2 Å². The topological polar surface area (TPSA) is 116 Å². The van der Waals surface area contributed by atoms with E-state index in [9.17, 15) is 9.90 Å². The molecule has 4 rings (SSSR count). The lowest BCUT2D eigenvalue weighted by Gasteiger charge is -2.19. The number of anilines is 1. The molecule has 3 aromatic rings. The number of nitrogens with one attached hydrogen (secondary N) is 2. The van der Waals surface area contributed by atoms with Crippen LogP contribution in [0, 0.1) is 0 Å². The first-order valence-corrected chi connectivity index (χ1v) is 10.9. The molecule has 0 atom stereocenters. The van der Waals surface area contributed by atoms with Crippen LogP contribution in [0.25, 0.3) is 11.0 Å².